The number of hydrogen-bond acceptors (Lipinski definition) is 2. The van der Waals surface area contributed by atoms with E-state index in [0.717, 1.165) is 26.4 Å². The minimum atomic E-state index is -1.06. The Labute approximate surface area is 152 Å². The molecular weight excluding hydrogens is 533 g/mol. The van der Waals surface area contributed by atoms with E-state index in [9.17, 15) is 0 Å². The Kier molecular flexibility index (Phi) is 23.1. The van der Waals surface area contributed by atoms with Crippen LogP contribution in [-0.2, 0) is 9.47 Å². The first-order valence-electron chi connectivity index (χ1n) is 7.20. The number of ether oxygens (including phenoxy) is 2. The first-order chi connectivity index (χ1) is 10.4. The summed E-state index contributed by atoms with van der Waals surface area (Å²) in [4.78, 5) is 0. The van der Waals surface area contributed by atoms with Gasteiger partial charge in [-0.1, -0.05) is 0 Å². The van der Waals surface area contributed by atoms with E-state index in [1.54, 1.807) is 0 Å². The van der Waals surface area contributed by atoms with Crippen LogP contribution >= 0.6 is 15.2 Å². The van der Waals surface area contributed by atoms with Gasteiger partial charge in [0.1, 0.15) is 0 Å². The molecule has 2 heterocycles. The summed E-state index contributed by atoms with van der Waals surface area (Å²) in [5.41, 5.74) is 0. The Morgan fingerprint density at radius 2 is 0.714 bits per heavy atom. The molecule has 3 fully saturated rings. The quantitative estimate of drug-likeness (QED) is 0.434. The fourth-order valence-electron chi connectivity index (χ4n) is 1.53. The van der Waals surface area contributed by atoms with Gasteiger partial charge in [-0.3, -0.25) is 0 Å². The summed E-state index contributed by atoms with van der Waals surface area (Å²) in [5, 5.41) is 0. The Bertz CT molecular complexity index is 128. The van der Waals surface area contributed by atoms with E-state index in [0.29, 0.717) is 0 Å². The predicted molar refractivity (Wildman–Crippen MR) is 86.2 cm³/mol. The van der Waals surface area contributed by atoms with Crippen LogP contribution in [0, 0.1) is 76.4 Å². The second-order valence-corrected chi connectivity index (χ2v) is 10.2. The molecule has 3 aliphatic rings. The van der Waals surface area contributed by atoms with Crippen molar-refractivity contribution in [2.45, 2.75) is 25.7 Å². The van der Waals surface area contributed by atoms with Crippen molar-refractivity contribution in [3.05, 3.63) is 51.4 Å². The third kappa shape index (κ3) is 21.6. The fraction of sp³-hybridized carbons (Fsp3) is 0.500. The monoisotopic (exact) mass is 556 g/mol. The average Bonchev–Trinajstić information content (AvgIpc) is 3.19. The number of halogens is 2. The van der Waals surface area contributed by atoms with Crippen molar-refractivity contribution in [2.75, 3.05) is 26.4 Å². The van der Waals surface area contributed by atoms with Gasteiger partial charge in [0.05, 0.1) is 0 Å². The summed E-state index contributed by atoms with van der Waals surface area (Å²) in [6.07, 6.45) is 21.1. The molecule has 0 unspecified atom stereocenters. The molecule has 0 amide bonds. The summed E-state index contributed by atoms with van der Waals surface area (Å²) in [5.74, 6) is 0. The van der Waals surface area contributed by atoms with E-state index in [2.05, 4.69) is 0 Å². The van der Waals surface area contributed by atoms with Gasteiger partial charge in [-0.2, -0.15) is 0 Å². The van der Waals surface area contributed by atoms with Crippen LogP contribution in [0.25, 0.3) is 0 Å². The van der Waals surface area contributed by atoms with Gasteiger partial charge in [0, 0.05) is 26.4 Å². The van der Waals surface area contributed by atoms with Gasteiger partial charge < -0.3 is 9.47 Å². The molecule has 0 atom stereocenters. The van der Waals surface area contributed by atoms with Crippen LogP contribution in [0.5, 0.6) is 0 Å². The molecular formula is C16H24Cl2O2U. The van der Waals surface area contributed by atoms with Crippen LogP contribution in [0.1, 0.15) is 25.7 Å². The van der Waals surface area contributed by atoms with Crippen LogP contribution in [0.4, 0.5) is 0 Å². The Hall–Kier alpha value is 1.55. The van der Waals surface area contributed by atoms with Gasteiger partial charge in [-0.15, -0.1) is 0 Å². The van der Waals surface area contributed by atoms with Crippen molar-refractivity contribution in [3.63, 3.8) is 0 Å². The molecule has 0 aromatic carbocycles. The molecule has 0 N–H and O–H groups in total. The fourth-order valence-corrected chi connectivity index (χ4v) is 1.53. The molecule has 0 aromatic heterocycles. The summed E-state index contributed by atoms with van der Waals surface area (Å²) in [6, 6.07) is 0. The minimum absolute atomic E-state index is 1.00. The molecule has 21 heavy (non-hydrogen) atoms. The second-order valence-electron chi connectivity index (χ2n) is 4.25. The predicted octanol–water partition coefficient (Wildman–Crippen LogP) is 4.61. The van der Waals surface area contributed by atoms with Crippen LogP contribution in [0.15, 0.2) is 0 Å². The van der Waals surface area contributed by atoms with Crippen molar-refractivity contribution < 1.29 is 34.5 Å². The molecule has 118 valence electrons. The SMILES string of the molecule is C1CCOC1.C1CCOC1.[CH]1[CH][CH][CH][CH][CH][CH][CH]1.[Cl][U][Cl]. The van der Waals surface area contributed by atoms with E-state index in [1.165, 1.54) is 25.7 Å². The molecule has 0 spiro atoms. The first kappa shape index (κ1) is 22.6. The molecule has 1 aliphatic carbocycles. The summed E-state index contributed by atoms with van der Waals surface area (Å²) in [6.45, 7) is 4.00. The number of rotatable bonds is 0. The van der Waals surface area contributed by atoms with Crippen molar-refractivity contribution in [1.29, 1.82) is 0 Å². The van der Waals surface area contributed by atoms with E-state index in [-0.39, 0.29) is 0 Å². The molecule has 3 rings (SSSR count). The van der Waals surface area contributed by atoms with Crippen LogP contribution in [-0.4, -0.2) is 26.4 Å². The third-order valence-corrected chi connectivity index (χ3v) is 2.54. The molecule has 2 saturated heterocycles. The van der Waals surface area contributed by atoms with Gasteiger partial charge >= 0.3 is 40.3 Å². The third-order valence-electron chi connectivity index (χ3n) is 2.54. The molecule has 8 radical (unpaired) electrons. The first-order valence-corrected chi connectivity index (χ1v) is 17.4. The maximum atomic E-state index is 4.97. The molecule has 2 aliphatic heterocycles. The van der Waals surface area contributed by atoms with E-state index < -0.39 is 25.1 Å². The molecule has 5 heteroatoms. The van der Waals surface area contributed by atoms with E-state index in [1.807, 2.05) is 51.4 Å². The zero-order valence-corrected chi connectivity index (χ0v) is 18.0. The maximum absolute atomic E-state index is 4.97. The molecule has 2 nitrogen and oxygen atoms in total. The van der Waals surface area contributed by atoms with Crippen molar-refractivity contribution in [3.8, 4) is 0 Å². The van der Waals surface area contributed by atoms with Crippen LogP contribution in [0.2, 0.25) is 0 Å². The molecule has 0 aromatic rings. The van der Waals surface area contributed by atoms with E-state index in [4.69, 9.17) is 24.7 Å². The molecule has 1 saturated carbocycles. The van der Waals surface area contributed by atoms with Crippen LogP contribution < -0.4 is 0 Å². The molecule has 0 bridgehead atoms. The standard InChI is InChI=1S/C8H8.2C4H8O.2ClH.U/c1-2-4-6-8-7-5-3-1;2*1-2-4-5-3-1;;;/h1-8H;2*1-4H2;2*1H;/q;;;;;+2/p-2. The van der Waals surface area contributed by atoms with Gasteiger partial charge in [0.2, 0.25) is 0 Å². The average molecular weight is 557 g/mol. The zero-order chi connectivity index (χ0) is 15.4. The Morgan fingerprint density at radius 3 is 0.810 bits per heavy atom. The topological polar surface area (TPSA) is 18.5 Å². The van der Waals surface area contributed by atoms with Gasteiger partial charge in [0.25, 0.3) is 0 Å². The summed E-state index contributed by atoms with van der Waals surface area (Å²) in [7, 11) is 9.95. The van der Waals surface area contributed by atoms with Crippen molar-refractivity contribution >= 4 is 15.2 Å². The van der Waals surface area contributed by atoms with Crippen molar-refractivity contribution in [1.82, 2.24) is 0 Å². The summed E-state index contributed by atoms with van der Waals surface area (Å²) >= 11 is -1.06. The van der Waals surface area contributed by atoms with Gasteiger partial charge in [-0.05, 0) is 77.0 Å². The van der Waals surface area contributed by atoms with Crippen LogP contribution in [0.3, 0.4) is 0 Å². The Balaban J connectivity index is 0.000000270. The zero-order valence-electron chi connectivity index (χ0n) is 12.3. The normalized spacial score (nSPS) is 21.0. The Morgan fingerprint density at radius 1 is 0.524 bits per heavy atom. The van der Waals surface area contributed by atoms with E-state index >= 15 is 0 Å². The van der Waals surface area contributed by atoms with Gasteiger partial charge in [0.15, 0.2) is 0 Å². The van der Waals surface area contributed by atoms with Crippen molar-refractivity contribution in [2.24, 2.45) is 0 Å². The number of hydrogen-bond donors (Lipinski definition) is 0. The summed E-state index contributed by atoms with van der Waals surface area (Å²) < 4.78 is 9.89. The van der Waals surface area contributed by atoms with Gasteiger partial charge in [-0.25, -0.2) is 0 Å². The second kappa shape index (κ2) is 21.6.